The fourth-order valence-electron chi connectivity index (χ4n) is 1.98. The minimum atomic E-state index is -0.654. The Morgan fingerprint density at radius 3 is 2.30 bits per heavy atom. The molecule has 2 N–H and O–H groups in total. The van der Waals surface area contributed by atoms with Gasteiger partial charge in [0.15, 0.2) is 0 Å². The summed E-state index contributed by atoms with van der Waals surface area (Å²) in [6.45, 7) is 1.78. The van der Waals surface area contributed by atoms with Gasteiger partial charge in [0.05, 0.1) is 13.2 Å². The van der Waals surface area contributed by atoms with E-state index in [1.165, 1.54) is 25.3 Å². The van der Waals surface area contributed by atoms with Crippen molar-refractivity contribution in [2.24, 2.45) is 0 Å². The fraction of sp³-hybridized carbons (Fsp3) is 0.200. The van der Waals surface area contributed by atoms with Crippen LogP contribution in [0.5, 0.6) is 11.5 Å². The highest BCUT2D eigenvalue weighted by atomic mass is 19.1. The largest absolute Gasteiger partial charge is 0.507 e. The van der Waals surface area contributed by atoms with Crippen LogP contribution in [0.15, 0.2) is 36.4 Å². The molecule has 3 nitrogen and oxygen atoms in total. The highest BCUT2D eigenvalue weighted by Gasteiger charge is 2.12. The number of phenols is 1. The van der Waals surface area contributed by atoms with Gasteiger partial charge in [0.25, 0.3) is 0 Å². The summed E-state index contributed by atoms with van der Waals surface area (Å²) in [6, 6.07) is 7.77. The lowest BCUT2D eigenvalue weighted by Gasteiger charge is -2.17. The van der Waals surface area contributed by atoms with Crippen molar-refractivity contribution in [3.05, 3.63) is 53.6 Å². The van der Waals surface area contributed by atoms with Gasteiger partial charge in [-0.05, 0) is 31.2 Å². The third-order valence-electron chi connectivity index (χ3n) is 2.95. The fourth-order valence-corrected chi connectivity index (χ4v) is 1.98. The zero-order valence-electron chi connectivity index (χ0n) is 11.2. The molecule has 0 fully saturated rings. The van der Waals surface area contributed by atoms with Crippen LogP contribution in [0.3, 0.4) is 0 Å². The Morgan fingerprint density at radius 1 is 1.10 bits per heavy atom. The average Bonchev–Trinajstić information content (AvgIpc) is 2.36. The first-order valence-electron chi connectivity index (χ1n) is 6.09. The Morgan fingerprint density at radius 2 is 1.75 bits per heavy atom. The lowest BCUT2D eigenvalue weighted by Crippen LogP contribution is -2.07. The van der Waals surface area contributed by atoms with Gasteiger partial charge in [-0.1, -0.05) is 0 Å². The van der Waals surface area contributed by atoms with Gasteiger partial charge >= 0.3 is 0 Å². The number of rotatable bonds is 4. The van der Waals surface area contributed by atoms with Gasteiger partial charge < -0.3 is 15.2 Å². The van der Waals surface area contributed by atoms with E-state index in [4.69, 9.17) is 4.74 Å². The lowest BCUT2D eigenvalue weighted by molar-refractivity contribution is 0.406. The molecule has 0 aromatic heterocycles. The number of halogens is 2. The Hall–Kier alpha value is -2.30. The van der Waals surface area contributed by atoms with Crippen molar-refractivity contribution in [3.8, 4) is 11.5 Å². The Balaban J connectivity index is 2.21. The number of anilines is 1. The molecule has 0 spiro atoms. The Bertz CT molecular complexity index is 597. The third-order valence-corrected chi connectivity index (χ3v) is 2.95. The van der Waals surface area contributed by atoms with Gasteiger partial charge in [-0.2, -0.15) is 0 Å². The maximum absolute atomic E-state index is 13.1. The smallest absolute Gasteiger partial charge is 0.128 e. The maximum Gasteiger partial charge on any atom is 0.128 e. The molecule has 0 saturated carbocycles. The van der Waals surface area contributed by atoms with Gasteiger partial charge in [0.1, 0.15) is 23.1 Å². The molecule has 2 aromatic rings. The molecule has 0 amide bonds. The molecule has 0 saturated heterocycles. The van der Waals surface area contributed by atoms with E-state index in [2.05, 4.69) is 5.32 Å². The summed E-state index contributed by atoms with van der Waals surface area (Å²) in [6.07, 6.45) is 0. The van der Waals surface area contributed by atoms with Crippen LogP contribution in [-0.2, 0) is 0 Å². The molecule has 2 rings (SSSR count). The van der Waals surface area contributed by atoms with E-state index in [9.17, 15) is 13.9 Å². The minimum absolute atomic E-state index is 0.0567. The lowest BCUT2D eigenvalue weighted by atomic mass is 10.1. The minimum Gasteiger partial charge on any atom is -0.507 e. The van der Waals surface area contributed by atoms with Crippen molar-refractivity contribution in [1.82, 2.24) is 0 Å². The van der Waals surface area contributed by atoms with Crippen molar-refractivity contribution < 1.29 is 18.6 Å². The number of methoxy groups -OCH3 is 1. The summed E-state index contributed by atoms with van der Waals surface area (Å²) in [5.74, 6) is -0.714. The zero-order chi connectivity index (χ0) is 14.7. The zero-order valence-corrected chi connectivity index (χ0v) is 11.2. The summed E-state index contributed by atoms with van der Waals surface area (Å²) >= 11 is 0. The molecule has 20 heavy (non-hydrogen) atoms. The molecule has 0 aliphatic rings. The van der Waals surface area contributed by atoms with Crippen LogP contribution in [0.1, 0.15) is 18.5 Å². The second kappa shape index (κ2) is 5.77. The second-order valence-electron chi connectivity index (χ2n) is 4.45. The van der Waals surface area contributed by atoms with Crippen molar-refractivity contribution in [2.45, 2.75) is 13.0 Å². The number of ether oxygens (including phenoxy) is 1. The van der Waals surface area contributed by atoms with E-state index in [1.54, 1.807) is 19.1 Å². The Kier molecular flexibility index (Phi) is 4.08. The van der Waals surface area contributed by atoms with Crippen molar-refractivity contribution in [2.75, 3.05) is 12.4 Å². The van der Waals surface area contributed by atoms with Crippen LogP contribution in [0.4, 0.5) is 14.5 Å². The van der Waals surface area contributed by atoms with E-state index in [0.29, 0.717) is 17.0 Å². The predicted molar refractivity (Wildman–Crippen MR) is 73.1 cm³/mol. The normalized spacial score (nSPS) is 12.0. The van der Waals surface area contributed by atoms with Gasteiger partial charge in [0, 0.05) is 23.4 Å². The van der Waals surface area contributed by atoms with E-state index < -0.39 is 11.6 Å². The molecule has 0 aliphatic heterocycles. The highest BCUT2D eigenvalue weighted by Crippen LogP contribution is 2.30. The summed E-state index contributed by atoms with van der Waals surface area (Å²) in [7, 11) is 1.51. The summed E-state index contributed by atoms with van der Waals surface area (Å²) in [5, 5.41) is 12.8. The number of hydrogen-bond acceptors (Lipinski definition) is 3. The monoisotopic (exact) mass is 279 g/mol. The number of aromatic hydroxyl groups is 1. The molecule has 1 unspecified atom stereocenters. The number of nitrogens with one attached hydrogen (secondary N) is 1. The quantitative estimate of drug-likeness (QED) is 0.893. The van der Waals surface area contributed by atoms with Crippen LogP contribution in [-0.4, -0.2) is 12.2 Å². The van der Waals surface area contributed by atoms with Gasteiger partial charge in [-0.15, -0.1) is 0 Å². The molecule has 0 heterocycles. The molecule has 1 atom stereocenters. The molecule has 2 aromatic carbocycles. The number of phenolic OH excluding ortho intramolecular Hbond substituents is 1. The average molecular weight is 279 g/mol. The second-order valence-corrected chi connectivity index (χ2v) is 4.45. The van der Waals surface area contributed by atoms with Gasteiger partial charge in [-0.25, -0.2) is 8.78 Å². The first-order valence-corrected chi connectivity index (χ1v) is 6.09. The van der Waals surface area contributed by atoms with Crippen LogP contribution in [0.25, 0.3) is 0 Å². The molecule has 0 radical (unpaired) electrons. The van der Waals surface area contributed by atoms with Crippen molar-refractivity contribution >= 4 is 5.69 Å². The summed E-state index contributed by atoms with van der Waals surface area (Å²) in [4.78, 5) is 0. The summed E-state index contributed by atoms with van der Waals surface area (Å²) < 4.78 is 31.2. The maximum atomic E-state index is 13.1. The van der Waals surface area contributed by atoms with E-state index in [-0.39, 0.29) is 11.8 Å². The molecular weight excluding hydrogens is 264 g/mol. The molecular formula is C15H15F2NO2. The van der Waals surface area contributed by atoms with E-state index >= 15 is 0 Å². The van der Waals surface area contributed by atoms with Crippen LogP contribution < -0.4 is 10.1 Å². The topological polar surface area (TPSA) is 41.5 Å². The highest BCUT2D eigenvalue weighted by molar-refractivity contribution is 5.49. The predicted octanol–water partition coefficient (Wildman–Crippen LogP) is 3.85. The molecule has 106 valence electrons. The molecule has 5 heteroatoms. The van der Waals surface area contributed by atoms with E-state index in [0.717, 1.165) is 6.07 Å². The first-order chi connectivity index (χ1) is 9.49. The standard InChI is InChI=1S/C15H15F2NO2/c1-9(14-4-3-13(20-2)8-15(14)19)18-12-6-10(16)5-11(17)7-12/h3-9,18-19H,1-2H3. The Labute approximate surface area is 115 Å². The SMILES string of the molecule is COc1ccc(C(C)Nc2cc(F)cc(F)c2)c(O)c1. The number of hydrogen-bond donors (Lipinski definition) is 2. The van der Waals surface area contributed by atoms with Crippen LogP contribution in [0.2, 0.25) is 0 Å². The molecule has 0 aliphatic carbocycles. The van der Waals surface area contributed by atoms with Gasteiger partial charge in [0.2, 0.25) is 0 Å². The van der Waals surface area contributed by atoms with Crippen LogP contribution in [0, 0.1) is 11.6 Å². The van der Waals surface area contributed by atoms with Gasteiger partial charge in [-0.3, -0.25) is 0 Å². The van der Waals surface area contributed by atoms with Crippen LogP contribution >= 0.6 is 0 Å². The summed E-state index contributed by atoms with van der Waals surface area (Å²) in [5.41, 5.74) is 0.917. The van der Waals surface area contributed by atoms with Crippen molar-refractivity contribution in [1.29, 1.82) is 0 Å². The number of benzene rings is 2. The van der Waals surface area contributed by atoms with E-state index in [1.807, 2.05) is 0 Å². The van der Waals surface area contributed by atoms with Crippen molar-refractivity contribution in [3.63, 3.8) is 0 Å². The first kappa shape index (κ1) is 14.1. The molecule has 0 bridgehead atoms. The third kappa shape index (κ3) is 3.17.